The van der Waals surface area contributed by atoms with Gasteiger partial charge in [-0.1, -0.05) is 0 Å². The number of likely N-dealkylation sites (tertiary alicyclic amines) is 1. The Bertz CT molecular complexity index is 587. The molecule has 0 atom stereocenters. The van der Waals surface area contributed by atoms with Gasteiger partial charge in [-0.15, -0.1) is 13.2 Å². The fraction of sp³-hybridized carbons (Fsp3) is 0.467. The number of ether oxygens (including phenoxy) is 1. The highest BCUT2D eigenvalue weighted by Crippen LogP contribution is 2.23. The third kappa shape index (κ3) is 5.98. The topological polar surface area (TPSA) is 80.0 Å². The number of benzene rings is 1. The summed E-state index contributed by atoms with van der Waals surface area (Å²) in [4.78, 5) is 17.4. The molecular weight excluding hydrogens is 325 g/mol. The smallest absolute Gasteiger partial charge is 0.406 e. The first-order valence-corrected chi connectivity index (χ1v) is 7.54. The number of amides is 1. The highest BCUT2D eigenvalue weighted by molar-refractivity contribution is 5.92. The van der Waals surface area contributed by atoms with Crippen molar-refractivity contribution in [1.82, 2.24) is 4.90 Å². The van der Waals surface area contributed by atoms with Crippen molar-refractivity contribution in [3.8, 4) is 5.75 Å². The van der Waals surface area contributed by atoms with Crippen molar-refractivity contribution in [2.24, 2.45) is 10.7 Å². The molecule has 24 heavy (non-hydrogen) atoms. The predicted molar refractivity (Wildman–Crippen MR) is 83.7 cm³/mol. The lowest BCUT2D eigenvalue weighted by Crippen LogP contribution is -2.27. The predicted octanol–water partition coefficient (Wildman–Crippen LogP) is 2.32. The second-order valence-corrected chi connectivity index (χ2v) is 5.30. The van der Waals surface area contributed by atoms with E-state index >= 15 is 0 Å². The van der Waals surface area contributed by atoms with Crippen molar-refractivity contribution < 1.29 is 22.7 Å². The van der Waals surface area contributed by atoms with Gasteiger partial charge in [0, 0.05) is 31.7 Å². The van der Waals surface area contributed by atoms with E-state index in [-0.39, 0.29) is 17.6 Å². The van der Waals surface area contributed by atoms with Crippen LogP contribution in [-0.2, 0) is 4.79 Å². The van der Waals surface area contributed by atoms with Crippen molar-refractivity contribution >= 4 is 17.6 Å². The zero-order chi connectivity index (χ0) is 17.6. The maximum Gasteiger partial charge on any atom is 0.573 e. The molecule has 1 aromatic carbocycles. The number of halogens is 3. The lowest BCUT2D eigenvalue weighted by Gasteiger charge is -2.14. The van der Waals surface area contributed by atoms with E-state index in [9.17, 15) is 18.0 Å². The van der Waals surface area contributed by atoms with Gasteiger partial charge in [-0.2, -0.15) is 0 Å². The van der Waals surface area contributed by atoms with Gasteiger partial charge in [0.15, 0.2) is 5.96 Å². The number of carbonyl (C=O) groups is 1. The van der Waals surface area contributed by atoms with Crippen LogP contribution in [0.4, 0.5) is 18.9 Å². The van der Waals surface area contributed by atoms with Crippen molar-refractivity contribution in [3.63, 3.8) is 0 Å². The molecule has 2 rings (SSSR count). The molecular formula is C15H19F3N4O2. The molecule has 1 fully saturated rings. The van der Waals surface area contributed by atoms with Gasteiger partial charge in [0.1, 0.15) is 5.75 Å². The molecule has 0 radical (unpaired) electrons. The Morgan fingerprint density at radius 2 is 2.04 bits per heavy atom. The standard InChI is InChI=1S/C15H19F3N4O2/c16-15(17,18)24-12-6-4-11(5-7-12)21-14(19)20-8-2-10-22-9-1-3-13(22)23/h4-7H,1-3,8-10H2,(H3,19,20,21). The van der Waals surface area contributed by atoms with Gasteiger partial charge >= 0.3 is 6.36 Å². The number of hydrogen-bond acceptors (Lipinski definition) is 3. The highest BCUT2D eigenvalue weighted by Gasteiger charge is 2.30. The molecule has 1 aliphatic rings. The van der Waals surface area contributed by atoms with E-state index in [0.717, 1.165) is 13.0 Å². The maximum atomic E-state index is 12.1. The number of hydrogen-bond donors (Lipinski definition) is 2. The first-order chi connectivity index (χ1) is 11.3. The molecule has 0 aliphatic carbocycles. The quantitative estimate of drug-likeness (QED) is 0.472. The fourth-order valence-electron chi connectivity index (χ4n) is 2.33. The van der Waals surface area contributed by atoms with E-state index in [1.807, 2.05) is 0 Å². The third-order valence-electron chi connectivity index (χ3n) is 3.40. The Balaban J connectivity index is 1.74. The zero-order valence-corrected chi connectivity index (χ0v) is 13.0. The summed E-state index contributed by atoms with van der Waals surface area (Å²) in [5.74, 6) is 0.0253. The minimum absolute atomic E-state index is 0.159. The largest absolute Gasteiger partial charge is 0.573 e. The molecule has 9 heteroatoms. The number of nitrogens with two attached hydrogens (primary N) is 1. The summed E-state index contributed by atoms with van der Waals surface area (Å²) in [6, 6.07) is 5.18. The summed E-state index contributed by atoms with van der Waals surface area (Å²) in [6.45, 7) is 1.90. The Kier molecular flexibility index (Phi) is 5.88. The Labute approximate surface area is 137 Å². The number of rotatable bonds is 6. The van der Waals surface area contributed by atoms with E-state index in [0.29, 0.717) is 31.6 Å². The molecule has 0 bridgehead atoms. The zero-order valence-electron chi connectivity index (χ0n) is 13.0. The van der Waals surface area contributed by atoms with E-state index in [1.54, 1.807) is 4.90 Å². The summed E-state index contributed by atoms with van der Waals surface area (Å²) in [5, 5.41) is 2.78. The number of nitrogens with zero attached hydrogens (tertiary/aromatic N) is 2. The summed E-state index contributed by atoms with van der Waals surface area (Å²) in [7, 11) is 0. The van der Waals surface area contributed by atoms with Crippen molar-refractivity contribution in [1.29, 1.82) is 0 Å². The van der Waals surface area contributed by atoms with Gasteiger partial charge in [0.2, 0.25) is 5.91 Å². The molecule has 0 aromatic heterocycles. The average Bonchev–Trinajstić information content (AvgIpc) is 2.90. The molecule has 6 nitrogen and oxygen atoms in total. The minimum atomic E-state index is -4.72. The van der Waals surface area contributed by atoms with Gasteiger partial charge in [-0.05, 0) is 37.1 Å². The van der Waals surface area contributed by atoms with Crippen molar-refractivity contribution in [3.05, 3.63) is 24.3 Å². The molecule has 0 saturated carbocycles. The molecule has 0 unspecified atom stereocenters. The van der Waals surface area contributed by atoms with Crippen LogP contribution in [0, 0.1) is 0 Å². The number of carbonyl (C=O) groups excluding carboxylic acids is 1. The second kappa shape index (κ2) is 7.89. The highest BCUT2D eigenvalue weighted by atomic mass is 19.4. The second-order valence-electron chi connectivity index (χ2n) is 5.30. The summed E-state index contributed by atoms with van der Waals surface area (Å²) < 4.78 is 40.0. The molecule has 1 amide bonds. The number of guanidine groups is 1. The van der Waals surface area contributed by atoms with Crippen molar-refractivity contribution in [2.75, 3.05) is 25.0 Å². The fourth-order valence-corrected chi connectivity index (χ4v) is 2.33. The van der Waals surface area contributed by atoms with Crippen LogP contribution in [0.25, 0.3) is 0 Å². The lowest BCUT2D eigenvalue weighted by molar-refractivity contribution is -0.274. The first-order valence-electron chi connectivity index (χ1n) is 7.54. The molecule has 1 aromatic rings. The van der Waals surface area contributed by atoms with Gasteiger partial charge in [0.05, 0.1) is 0 Å². The molecule has 3 N–H and O–H groups in total. The molecule has 1 aliphatic heterocycles. The lowest BCUT2D eigenvalue weighted by atomic mass is 10.3. The van der Waals surface area contributed by atoms with Gasteiger partial charge in [0.25, 0.3) is 0 Å². The number of anilines is 1. The third-order valence-corrected chi connectivity index (χ3v) is 3.40. The summed E-state index contributed by atoms with van der Waals surface area (Å²) in [6.07, 6.45) is -2.50. The van der Waals surface area contributed by atoms with Gasteiger partial charge in [-0.3, -0.25) is 9.79 Å². The Hall–Kier alpha value is -2.45. The molecule has 1 heterocycles. The average molecular weight is 344 g/mol. The van der Waals surface area contributed by atoms with Crippen LogP contribution in [0.15, 0.2) is 29.3 Å². The van der Waals surface area contributed by atoms with Crippen LogP contribution >= 0.6 is 0 Å². The van der Waals surface area contributed by atoms with Crippen LogP contribution < -0.4 is 15.8 Å². The van der Waals surface area contributed by atoms with E-state index in [2.05, 4.69) is 15.0 Å². The van der Waals surface area contributed by atoms with E-state index in [1.165, 1.54) is 24.3 Å². The molecule has 132 valence electrons. The minimum Gasteiger partial charge on any atom is -0.406 e. The van der Waals surface area contributed by atoms with E-state index < -0.39 is 6.36 Å². The van der Waals surface area contributed by atoms with Gasteiger partial charge in [-0.25, -0.2) is 0 Å². The maximum absolute atomic E-state index is 12.1. The van der Waals surface area contributed by atoms with Crippen molar-refractivity contribution in [2.45, 2.75) is 25.6 Å². The number of aliphatic imine (C=N–C) groups is 1. The van der Waals surface area contributed by atoms with Crippen LogP contribution in [0.5, 0.6) is 5.75 Å². The summed E-state index contributed by atoms with van der Waals surface area (Å²) in [5.41, 5.74) is 6.21. The monoisotopic (exact) mass is 344 g/mol. The molecule has 0 spiro atoms. The normalized spacial score (nSPS) is 15.7. The number of nitrogens with one attached hydrogen (secondary N) is 1. The van der Waals surface area contributed by atoms with Crippen LogP contribution in [0.2, 0.25) is 0 Å². The van der Waals surface area contributed by atoms with Crippen LogP contribution in [0.3, 0.4) is 0 Å². The summed E-state index contributed by atoms with van der Waals surface area (Å²) >= 11 is 0. The number of alkyl halides is 3. The Morgan fingerprint density at radius 3 is 2.62 bits per heavy atom. The van der Waals surface area contributed by atoms with E-state index in [4.69, 9.17) is 5.73 Å². The first kappa shape index (κ1) is 17.9. The van der Waals surface area contributed by atoms with Crippen LogP contribution in [0.1, 0.15) is 19.3 Å². The SMILES string of the molecule is NC(=NCCCN1CCCC1=O)Nc1ccc(OC(F)(F)F)cc1. The van der Waals surface area contributed by atoms with Crippen LogP contribution in [-0.4, -0.2) is 42.8 Å². The molecule has 1 saturated heterocycles. The Morgan fingerprint density at radius 1 is 1.33 bits per heavy atom. The van der Waals surface area contributed by atoms with Gasteiger partial charge < -0.3 is 20.7 Å².